The third-order valence-electron chi connectivity index (χ3n) is 2.82. The minimum atomic E-state index is -3.96. The number of hydrogen-bond donors (Lipinski definition) is 2. The number of halogens is 2. The Labute approximate surface area is 134 Å². The van der Waals surface area contributed by atoms with Crippen molar-refractivity contribution >= 4 is 39.1 Å². The second kappa shape index (κ2) is 7.45. The second-order valence-corrected chi connectivity index (χ2v) is 7.45. The van der Waals surface area contributed by atoms with Gasteiger partial charge in [0.2, 0.25) is 10.0 Å². The van der Waals surface area contributed by atoms with E-state index in [1.54, 1.807) is 0 Å². The van der Waals surface area contributed by atoms with Crippen LogP contribution in [-0.2, 0) is 10.0 Å². The normalized spacial score (nSPS) is 11.7. The minimum Gasteiger partial charge on any atom is -0.352 e. The fourth-order valence-electron chi connectivity index (χ4n) is 1.70. The van der Waals surface area contributed by atoms with E-state index in [9.17, 15) is 13.2 Å². The van der Waals surface area contributed by atoms with Crippen molar-refractivity contribution < 1.29 is 13.2 Å². The molecule has 0 fully saturated rings. The monoisotopic (exact) mass is 352 g/mol. The fourth-order valence-corrected chi connectivity index (χ4v) is 2.74. The average Bonchev–Trinajstić information content (AvgIpc) is 2.35. The predicted octanol–water partition coefficient (Wildman–Crippen LogP) is 2.81. The maximum atomic E-state index is 12.1. The van der Waals surface area contributed by atoms with Crippen molar-refractivity contribution in [3.8, 4) is 0 Å². The quantitative estimate of drug-likeness (QED) is 0.771. The molecule has 0 atom stereocenters. The summed E-state index contributed by atoms with van der Waals surface area (Å²) in [5.74, 6) is 0.0711. The van der Waals surface area contributed by atoms with Crippen LogP contribution < -0.4 is 10.5 Å². The lowest BCUT2D eigenvalue weighted by molar-refractivity contribution is 0.0952. The van der Waals surface area contributed by atoms with Gasteiger partial charge < -0.3 is 5.32 Å². The number of nitrogens with two attached hydrogens (primary N) is 1. The first-order valence-corrected chi connectivity index (χ1v) is 8.73. The summed E-state index contributed by atoms with van der Waals surface area (Å²) in [6, 6.07) is 2.25. The molecule has 0 radical (unpaired) electrons. The molecule has 8 heteroatoms. The molecule has 0 saturated heterocycles. The number of nitrogens with one attached hydrogen (secondary N) is 1. The number of sulfonamides is 1. The molecular weight excluding hydrogens is 335 g/mol. The van der Waals surface area contributed by atoms with Crippen LogP contribution in [0.15, 0.2) is 17.0 Å². The number of hydrogen-bond acceptors (Lipinski definition) is 3. The van der Waals surface area contributed by atoms with Gasteiger partial charge in [0.1, 0.15) is 0 Å². The Hall–Kier alpha value is -0.820. The van der Waals surface area contributed by atoms with Crippen molar-refractivity contribution in [2.24, 2.45) is 11.1 Å². The van der Waals surface area contributed by atoms with Gasteiger partial charge in [0.15, 0.2) is 0 Å². The summed E-state index contributed by atoms with van der Waals surface area (Å²) >= 11 is 11.8. The molecule has 118 valence electrons. The molecule has 0 saturated carbocycles. The zero-order valence-electron chi connectivity index (χ0n) is 11.8. The van der Waals surface area contributed by atoms with E-state index in [4.69, 9.17) is 28.3 Å². The highest BCUT2D eigenvalue weighted by molar-refractivity contribution is 7.89. The molecule has 3 N–H and O–H groups in total. The standard InChI is InChI=1S/C13H18Cl2N2O3S/c1-8(2)4-3-5-17-13(18)10-6-9(21(16,19)20)7-11(14)12(10)15/h6-8H,3-5H2,1-2H3,(H,17,18)(H2,16,19,20). The van der Waals surface area contributed by atoms with Gasteiger partial charge in [-0.15, -0.1) is 0 Å². The lowest BCUT2D eigenvalue weighted by Gasteiger charge is -2.10. The third kappa shape index (κ3) is 5.47. The van der Waals surface area contributed by atoms with E-state index in [1.807, 2.05) is 0 Å². The van der Waals surface area contributed by atoms with Gasteiger partial charge in [-0.05, 0) is 30.9 Å². The van der Waals surface area contributed by atoms with Gasteiger partial charge in [0, 0.05) is 6.54 Å². The summed E-state index contributed by atoms with van der Waals surface area (Å²) in [5, 5.41) is 7.69. The molecule has 0 unspecified atom stereocenters. The topological polar surface area (TPSA) is 89.3 Å². The van der Waals surface area contributed by atoms with E-state index in [2.05, 4.69) is 19.2 Å². The summed E-state index contributed by atoms with van der Waals surface area (Å²) in [5.41, 5.74) is -0.00209. The first kappa shape index (κ1) is 18.2. The minimum absolute atomic E-state index is 0.00209. The van der Waals surface area contributed by atoms with E-state index in [-0.39, 0.29) is 20.5 Å². The molecule has 1 rings (SSSR count). The molecular formula is C13H18Cl2N2O3S. The molecule has 0 aromatic heterocycles. The first-order chi connectivity index (χ1) is 9.62. The van der Waals surface area contributed by atoms with Crippen LogP contribution in [0.2, 0.25) is 10.0 Å². The molecule has 1 amide bonds. The molecule has 1 aromatic rings. The Bertz CT molecular complexity index is 631. The van der Waals surface area contributed by atoms with Crippen LogP contribution in [0.4, 0.5) is 0 Å². The number of carbonyl (C=O) groups is 1. The average molecular weight is 353 g/mol. The van der Waals surface area contributed by atoms with Crippen LogP contribution in [0.5, 0.6) is 0 Å². The Morgan fingerprint density at radius 1 is 1.33 bits per heavy atom. The van der Waals surface area contributed by atoms with Gasteiger partial charge in [-0.25, -0.2) is 13.6 Å². The zero-order chi connectivity index (χ0) is 16.2. The molecule has 0 aliphatic rings. The first-order valence-electron chi connectivity index (χ1n) is 6.43. The molecule has 0 spiro atoms. The SMILES string of the molecule is CC(C)CCCNC(=O)c1cc(S(N)(=O)=O)cc(Cl)c1Cl. The number of rotatable bonds is 6. The van der Waals surface area contributed by atoms with Crippen LogP contribution in [0.3, 0.4) is 0 Å². The fraction of sp³-hybridized carbons (Fsp3) is 0.462. The maximum Gasteiger partial charge on any atom is 0.252 e. The Morgan fingerprint density at radius 2 is 1.95 bits per heavy atom. The van der Waals surface area contributed by atoms with Gasteiger partial charge in [0.25, 0.3) is 5.91 Å². The van der Waals surface area contributed by atoms with E-state index < -0.39 is 15.9 Å². The highest BCUT2D eigenvalue weighted by Crippen LogP contribution is 2.29. The van der Waals surface area contributed by atoms with Crippen LogP contribution in [0, 0.1) is 5.92 Å². The van der Waals surface area contributed by atoms with E-state index in [0.717, 1.165) is 25.0 Å². The van der Waals surface area contributed by atoms with Crippen LogP contribution in [0.1, 0.15) is 37.0 Å². The van der Waals surface area contributed by atoms with E-state index in [1.165, 1.54) is 0 Å². The van der Waals surface area contributed by atoms with Crippen molar-refractivity contribution in [3.63, 3.8) is 0 Å². The van der Waals surface area contributed by atoms with Crippen LogP contribution >= 0.6 is 23.2 Å². The van der Waals surface area contributed by atoms with Crippen LogP contribution in [0.25, 0.3) is 0 Å². The van der Waals surface area contributed by atoms with Crippen LogP contribution in [-0.4, -0.2) is 20.9 Å². The second-order valence-electron chi connectivity index (χ2n) is 5.10. The van der Waals surface area contributed by atoms with Crippen molar-refractivity contribution in [3.05, 3.63) is 27.7 Å². The van der Waals surface area contributed by atoms with Gasteiger partial charge in [-0.2, -0.15) is 0 Å². The van der Waals surface area contributed by atoms with E-state index >= 15 is 0 Å². The summed E-state index contributed by atoms with van der Waals surface area (Å²) in [6.07, 6.45) is 1.80. The lowest BCUT2D eigenvalue weighted by Crippen LogP contribution is -2.25. The van der Waals surface area contributed by atoms with Gasteiger partial charge in [-0.1, -0.05) is 37.0 Å². The number of benzene rings is 1. The summed E-state index contributed by atoms with van der Waals surface area (Å²) in [4.78, 5) is 11.8. The van der Waals surface area contributed by atoms with Gasteiger partial charge in [0.05, 0.1) is 20.5 Å². The number of carbonyl (C=O) groups excluding carboxylic acids is 1. The van der Waals surface area contributed by atoms with E-state index in [0.29, 0.717) is 12.5 Å². The van der Waals surface area contributed by atoms with Crippen molar-refractivity contribution in [2.75, 3.05) is 6.54 Å². The molecule has 0 bridgehead atoms. The summed E-state index contributed by atoms with van der Waals surface area (Å²) < 4.78 is 22.7. The molecule has 1 aromatic carbocycles. The highest BCUT2D eigenvalue weighted by atomic mass is 35.5. The third-order valence-corrected chi connectivity index (χ3v) is 4.51. The molecule has 5 nitrogen and oxygen atoms in total. The number of primary sulfonamides is 1. The molecule has 21 heavy (non-hydrogen) atoms. The van der Waals surface area contributed by atoms with Gasteiger partial charge >= 0.3 is 0 Å². The summed E-state index contributed by atoms with van der Waals surface area (Å²) in [7, 11) is -3.96. The molecule has 0 heterocycles. The van der Waals surface area contributed by atoms with Crippen molar-refractivity contribution in [1.82, 2.24) is 5.32 Å². The summed E-state index contributed by atoms with van der Waals surface area (Å²) in [6.45, 7) is 4.66. The van der Waals surface area contributed by atoms with Crippen molar-refractivity contribution in [1.29, 1.82) is 0 Å². The molecule has 0 aliphatic heterocycles. The maximum absolute atomic E-state index is 12.1. The van der Waals surface area contributed by atoms with Crippen molar-refractivity contribution in [2.45, 2.75) is 31.6 Å². The molecule has 0 aliphatic carbocycles. The smallest absolute Gasteiger partial charge is 0.252 e. The largest absolute Gasteiger partial charge is 0.352 e. The highest BCUT2D eigenvalue weighted by Gasteiger charge is 2.18. The Kier molecular flexibility index (Phi) is 6.46. The zero-order valence-corrected chi connectivity index (χ0v) is 14.1. The number of amides is 1. The Morgan fingerprint density at radius 3 is 2.48 bits per heavy atom. The Balaban J connectivity index is 2.91. The lowest BCUT2D eigenvalue weighted by atomic mass is 10.1. The van der Waals surface area contributed by atoms with Gasteiger partial charge in [-0.3, -0.25) is 4.79 Å². The predicted molar refractivity (Wildman–Crippen MR) is 84.2 cm³/mol.